The first kappa shape index (κ1) is 13.9. The Morgan fingerprint density at radius 1 is 1.40 bits per heavy atom. The van der Waals surface area contributed by atoms with Gasteiger partial charge in [0.1, 0.15) is 5.84 Å². The molecule has 0 spiro atoms. The molecule has 0 amide bonds. The van der Waals surface area contributed by atoms with Crippen LogP contribution in [-0.2, 0) is 0 Å². The second-order valence-electron chi connectivity index (χ2n) is 3.77. The summed E-state index contributed by atoms with van der Waals surface area (Å²) in [6.45, 7) is 0. The van der Waals surface area contributed by atoms with E-state index in [9.17, 15) is 10.1 Å². The average molecular weight is 337 g/mol. The molecule has 0 aliphatic rings. The van der Waals surface area contributed by atoms with Crippen LogP contribution in [0.1, 0.15) is 5.56 Å². The van der Waals surface area contributed by atoms with E-state index in [0.717, 1.165) is 0 Å². The smallest absolute Gasteiger partial charge is 0.312 e. The van der Waals surface area contributed by atoms with Crippen LogP contribution in [0.15, 0.2) is 41.0 Å². The maximum Gasteiger partial charge on any atom is 0.312 e. The molecule has 1 heterocycles. The third-order valence-corrected chi connectivity index (χ3v) is 2.87. The number of nitro groups is 1. The van der Waals surface area contributed by atoms with Crippen molar-refractivity contribution in [2.75, 3.05) is 0 Å². The molecule has 102 valence electrons. The van der Waals surface area contributed by atoms with Crippen LogP contribution in [0.3, 0.4) is 0 Å². The van der Waals surface area contributed by atoms with Gasteiger partial charge in [-0.2, -0.15) is 0 Å². The Hall–Kier alpha value is -2.48. The van der Waals surface area contributed by atoms with Gasteiger partial charge >= 0.3 is 5.69 Å². The maximum absolute atomic E-state index is 11.0. The van der Waals surface area contributed by atoms with E-state index < -0.39 is 4.92 Å². The summed E-state index contributed by atoms with van der Waals surface area (Å²) in [5.41, 5.74) is 5.60. The van der Waals surface area contributed by atoms with Crippen molar-refractivity contribution in [1.82, 2.24) is 4.98 Å². The molecular weight excluding hydrogens is 328 g/mol. The van der Waals surface area contributed by atoms with Gasteiger partial charge in [0.05, 0.1) is 4.92 Å². The Morgan fingerprint density at radius 3 is 2.80 bits per heavy atom. The number of amidine groups is 1. The summed E-state index contributed by atoms with van der Waals surface area (Å²) in [5.74, 6) is 0.0529. The summed E-state index contributed by atoms with van der Waals surface area (Å²) >= 11 is 3.16. The van der Waals surface area contributed by atoms with Gasteiger partial charge in [0, 0.05) is 28.4 Å². The molecule has 0 atom stereocenters. The number of hydrogen-bond donors (Lipinski definition) is 2. The molecule has 0 saturated heterocycles. The number of pyridine rings is 1. The van der Waals surface area contributed by atoms with Crippen molar-refractivity contribution >= 4 is 27.5 Å². The average Bonchev–Trinajstić information content (AvgIpc) is 2.41. The van der Waals surface area contributed by atoms with Crippen LogP contribution in [0.2, 0.25) is 0 Å². The molecule has 0 bridgehead atoms. The van der Waals surface area contributed by atoms with E-state index in [1.54, 1.807) is 12.1 Å². The fourth-order valence-corrected chi connectivity index (χ4v) is 1.81. The molecule has 2 aromatic rings. The number of ether oxygens (including phenoxy) is 1. The molecule has 2 rings (SSSR count). The summed E-state index contributed by atoms with van der Waals surface area (Å²) < 4.78 is 5.96. The molecule has 0 aliphatic carbocycles. The van der Waals surface area contributed by atoms with Crippen LogP contribution in [0.25, 0.3) is 0 Å². The summed E-state index contributed by atoms with van der Waals surface area (Å²) in [6.07, 6.45) is 1.41. The standard InChI is InChI=1S/C12H9BrN4O3/c13-8-1-2-10(9(6-8)17(18)19)20-11-5-7(12(14)15)3-4-16-11/h1-6H,(H3,14,15). The molecule has 8 heteroatoms. The number of rotatable bonds is 4. The molecule has 0 fully saturated rings. The zero-order valence-corrected chi connectivity index (χ0v) is 11.6. The molecular formula is C12H9BrN4O3. The van der Waals surface area contributed by atoms with Gasteiger partial charge in [-0.05, 0) is 18.2 Å². The lowest BCUT2D eigenvalue weighted by atomic mass is 10.2. The highest BCUT2D eigenvalue weighted by molar-refractivity contribution is 9.10. The van der Waals surface area contributed by atoms with Crippen molar-refractivity contribution < 1.29 is 9.66 Å². The van der Waals surface area contributed by atoms with Crippen LogP contribution in [0, 0.1) is 15.5 Å². The first-order chi connectivity index (χ1) is 9.47. The molecule has 0 radical (unpaired) electrons. The topological polar surface area (TPSA) is 115 Å². The Morgan fingerprint density at radius 2 is 2.15 bits per heavy atom. The molecule has 3 N–H and O–H groups in total. The minimum absolute atomic E-state index is 0.0615. The van der Waals surface area contributed by atoms with Crippen LogP contribution in [0.5, 0.6) is 11.6 Å². The van der Waals surface area contributed by atoms with E-state index in [4.69, 9.17) is 15.9 Å². The fourth-order valence-electron chi connectivity index (χ4n) is 1.46. The first-order valence-electron chi connectivity index (χ1n) is 5.39. The number of aromatic nitrogens is 1. The lowest BCUT2D eigenvalue weighted by Gasteiger charge is -2.06. The van der Waals surface area contributed by atoms with E-state index in [-0.39, 0.29) is 23.2 Å². The number of benzene rings is 1. The van der Waals surface area contributed by atoms with Gasteiger partial charge in [0.2, 0.25) is 11.6 Å². The molecule has 20 heavy (non-hydrogen) atoms. The molecule has 7 nitrogen and oxygen atoms in total. The van der Waals surface area contributed by atoms with Crippen molar-refractivity contribution in [3.8, 4) is 11.6 Å². The van der Waals surface area contributed by atoms with Gasteiger partial charge in [-0.1, -0.05) is 15.9 Å². The molecule has 1 aromatic carbocycles. The maximum atomic E-state index is 11.0. The summed E-state index contributed by atoms with van der Waals surface area (Å²) in [6, 6.07) is 7.41. The van der Waals surface area contributed by atoms with Gasteiger partial charge < -0.3 is 10.5 Å². The van der Waals surface area contributed by atoms with Crippen molar-refractivity contribution in [3.63, 3.8) is 0 Å². The number of nitrogens with one attached hydrogen (secondary N) is 1. The van der Waals surface area contributed by atoms with Gasteiger partial charge in [0.25, 0.3) is 0 Å². The van der Waals surface area contributed by atoms with Crippen molar-refractivity contribution in [2.45, 2.75) is 0 Å². The highest BCUT2D eigenvalue weighted by Gasteiger charge is 2.17. The Bertz CT molecular complexity index is 690. The minimum Gasteiger partial charge on any atom is -0.432 e. The quantitative estimate of drug-likeness (QED) is 0.385. The number of nitrogen functional groups attached to an aromatic ring is 1. The molecule has 0 unspecified atom stereocenters. The number of nitro benzene ring substituents is 1. The molecule has 1 aromatic heterocycles. The van der Waals surface area contributed by atoms with Crippen LogP contribution >= 0.6 is 15.9 Å². The van der Waals surface area contributed by atoms with Gasteiger partial charge in [0.15, 0.2) is 0 Å². The van der Waals surface area contributed by atoms with Gasteiger partial charge in [-0.15, -0.1) is 0 Å². The zero-order chi connectivity index (χ0) is 14.7. The van der Waals surface area contributed by atoms with Crippen LogP contribution in [0.4, 0.5) is 5.69 Å². The van der Waals surface area contributed by atoms with Gasteiger partial charge in [-0.3, -0.25) is 15.5 Å². The monoisotopic (exact) mass is 336 g/mol. The van der Waals surface area contributed by atoms with Crippen molar-refractivity contribution in [2.24, 2.45) is 5.73 Å². The van der Waals surface area contributed by atoms with E-state index in [0.29, 0.717) is 10.0 Å². The molecule has 0 saturated carbocycles. The van der Waals surface area contributed by atoms with Crippen molar-refractivity contribution in [3.05, 3.63) is 56.7 Å². The second-order valence-corrected chi connectivity index (χ2v) is 4.68. The first-order valence-corrected chi connectivity index (χ1v) is 6.19. The lowest BCUT2D eigenvalue weighted by molar-refractivity contribution is -0.385. The number of nitrogens with zero attached hydrogens (tertiary/aromatic N) is 2. The second kappa shape index (κ2) is 5.66. The summed E-state index contributed by atoms with van der Waals surface area (Å²) in [5, 5.41) is 18.3. The Labute approximate surface area is 122 Å². The SMILES string of the molecule is N=C(N)c1ccnc(Oc2ccc(Br)cc2[N+](=O)[O-])c1. The Kier molecular flexibility index (Phi) is 3.94. The summed E-state index contributed by atoms with van der Waals surface area (Å²) in [7, 11) is 0. The van der Waals surface area contributed by atoms with E-state index in [2.05, 4.69) is 20.9 Å². The highest BCUT2D eigenvalue weighted by Crippen LogP contribution is 2.33. The van der Waals surface area contributed by atoms with Crippen LogP contribution in [-0.4, -0.2) is 15.7 Å². The van der Waals surface area contributed by atoms with E-state index in [1.165, 1.54) is 24.4 Å². The largest absolute Gasteiger partial charge is 0.432 e. The summed E-state index contributed by atoms with van der Waals surface area (Å²) in [4.78, 5) is 14.4. The Balaban J connectivity index is 2.37. The van der Waals surface area contributed by atoms with Crippen molar-refractivity contribution in [1.29, 1.82) is 5.41 Å². The number of nitrogens with two attached hydrogens (primary N) is 1. The minimum atomic E-state index is -0.547. The third-order valence-electron chi connectivity index (χ3n) is 2.38. The van der Waals surface area contributed by atoms with E-state index in [1.807, 2.05) is 0 Å². The highest BCUT2D eigenvalue weighted by atomic mass is 79.9. The third kappa shape index (κ3) is 3.09. The van der Waals surface area contributed by atoms with E-state index >= 15 is 0 Å². The fraction of sp³-hybridized carbons (Fsp3) is 0. The lowest BCUT2D eigenvalue weighted by Crippen LogP contribution is -2.11. The molecule has 0 aliphatic heterocycles. The zero-order valence-electron chi connectivity index (χ0n) is 10.0. The normalized spacial score (nSPS) is 10.1. The van der Waals surface area contributed by atoms with Gasteiger partial charge in [-0.25, -0.2) is 4.98 Å². The predicted octanol–water partition coefficient (Wildman–Crippen LogP) is 2.83. The number of hydrogen-bond acceptors (Lipinski definition) is 5. The number of halogens is 1. The predicted molar refractivity (Wildman–Crippen MR) is 76.1 cm³/mol. The van der Waals surface area contributed by atoms with Crippen LogP contribution < -0.4 is 10.5 Å².